The van der Waals surface area contributed by atoms with Crippen LogP contribution < -0.4 is 10.6 Å². The van der Waals surface area contributed by atoms with Crippen molar-refractivity contribution < 1.29 is 8.78 Å². The molecule has 1 aromatic carbocycles. The largest absolute Gasteiger partial charge is 0.315 e. The van der Waals surface area contributed by atoms with Crippen LogP contribution in [0.1, 0.15) is 18.9 Å². The zero-order valence-corrected chi connectivity index (χ0v) is 9.52. The van der Waals surface area contributed by atoms with Gasteiger partial charge < -0.3 is 10.6 Å². The highest BCUT2D eigenvalue weighted by Crippen LogP contribution is 2.08. The molecule has 0 amide bonds. The first kappa shape index (κ1) is 13.1. The molecule has 1 aromatic rings. The highest BCUT2D eigenvalue weighted by atomic mass is 19.1. The van der Waals surface area contributed by atoms with Gasteiger partial charge in [-0.25, -0.2) is 8.78 Å². The zero-order valence-electron chi connectivity index (χ0n) is 9.52. The Hall–Kier alpha value is -1.00. The summed E-state index contributed by atoms with van der Waals surface area (Å²) in [6, 6.07) is 3.51. The number of hydrogen-bond donors (Lipinski definition) is 2. The van der Waals surface area contributed by atoms with E-state index in [2.05, 4.69) is 17.6 Å². The third-order valence-electron chi connectivity index (χ3n) is 2.23. The van der Waals surface area contributed by atoms with Crippen molar-refractivity contribution in [1.29, 1.82) is 0 Å². The lowest BCUT2D eigenvalue weighted by molar-refractivity contribution is 0.559. The van der Waals surface area contributed by atoms with Crippen LogP contribution >= 0.6 is 0 Å². The molecule has 0 saturated heterocycles. The Labute approximate surface area is 95.1 Å². The summed E-state index contributed by atoms with van der Waals surface area (Å²) in [5.74, 6) is -0.766. The number of nitrogens with one attached hydrogen (secondary N) is 2. The Balaban J connectivity index is 2.23. The van der Waals surface area contributed by atoms with Crippen molar-refractivity contribution in [2.24, 2.45) is 0 Å². The Kier molecular flexibility index (Phi) is 5.96. The second-order valence-electron chi connectivity index (χ2n) is 3.66. The molecule has 0 aliphatic carbocycles. The minimum Gasteiger partial charge on any atom is -0.315 e. The fraction of sp³-hybridized carbons (Fsp3) is 0.500. The van der Waals surface area contributed by atoms with Gasteiger partial charge in [0.15, 0.2) is 0 Å². The second kappa shape index (κ2) is 7.30. The molecule has 0 bridgehead atoms. The maximum absolute atomic E-state index is 13.2. The third kappa shape index (κ3) is 4.68. The molecular formula is C12H18F2N2. The Morgan fingerprint density at radius 1 is 1.06 bits per heavy atom. The molecule has 0 fully saturated rings. The van der Waals surface area contributed by atoms with Crippen molar-refractivity contribution in [3.05, 3.63) is 35.4 Å². The van der Waals surface area contributed by atoms with Crippen molar-refractivity contribution in [3.63, 3.8) is 0 Å². The predicted molar refractivity (Wildman–Crippen MR) is 61.2 cm³/mol. The van der Waals surface area contributed by atoms with Crippen molar-refractivity contribution in [2.75, 3.05) is 19.6 Å². The van der Waals surface area contributed by atoms with E-state index in [4.69, 9.17) is 0 Å². The summed E-state index contributed by atoms with van der Waals surface area (Å²) in [5.41, 5.74) is 0.371. The summed E-state index contributed by atoms with van der Waals surface area (Å²) in [6.07, 6.45) is 1.10. The van der Waals surface area contributed by atoms with Crippen LogP contribution in [0.4, 0.5) is 8.78 Å². The normalized spacial score (nSPS) is 10.7. The molecule has 2 nitrogen and oxygen atoms in total. The quantitative estimate of drug-likeness (QED) is 0.698. The lowest BCUT2D eigenvalue weighted by Crippen LogP contribution is -2.27. The lowest BCUT2D eigenvalue weighted by atomic mass is 10.2. The number of hydrogen-bond acceptors (Lipinski definition) is 2. The first-order valence-electron chi connectivity index (χ1n) is 5.59. The SMILES string of the molecule is CCCNCCNCc1cc(F)ccc1F. The van der Waals surface area contributed by atoms with Gasteiger partial charge in [-0.05, 0) is 31.2 Å². The molecule has 4 heteroatoms. The van der Waals surface area contributed by atoms with Crippen molar-refractivity contribution in [2.45, 2.75) is 19.9 Å². The van der Waals surface area contributed by atoms with Crippen molar-refractivity contribution in [1.82, 2.24) is 10.6 Å². The van der Waals surface area contributed by atoms with E-state index in [9.17, 15) is 8.78 Å². The fourth-order valence-electron chi connectivity index (χ4n) is 1.38. The first-order chi connectivity index (χ1) is 7.74. The molecule has 2 N–H and O–H groups in total. The fourth-order valence-corrected chi connectivity index (χ4v) is 1.38. The summed E-state index contributed by atoms with van der Waals surface area (Å²) in [7, 11) is 0. The van der Waals surface area contributed by atoms with Crippen LogP contribution in [0.15, 0.2) is 18.2 Å². The van der Waals surface area contributed by atoms with E-state index >= 15 is 0 Å². The van der Waals surface area contributed by atoms with Crippen LogP contribution in [0.25, 0.3) is 0 Å². The Bertz CT molecular complexity index is 316. The van der Waals surface area contributed by atoms with Gasteiger partial charge in [0.1, 0.15) is 11.6 Å². The monoisotopic (exact) mass is 228 g/mol. The van der Waals surface area contributed by atoms with Crippen LogP contribution in [0, 0.1) is 11.6 Å². The minimum atomic E-state index is -0.401. The minimum absolute atomic E-state index is 0.359. The molecule has 0 spiro atoms. The van der Waals surface area contributed by atoms with Gasteiger partial charge in [0.25, 0.3) is 0 Å². The van der Waals surface area contributed by atoms with Crippen LogP contribution in [-0.4, -0.2) is 19.6 Å². The van der Waals surface area contributed by atoms with Gasteiger partial charge in [-0.2, -0.15) is 0 Å². The number of halogens is 2. The highest BCUT2D eigenvalue weighted by molar-refractivity contribution is 5.18. The van der Waals surface area contributed by atoms with Gasteiger partial charge in [0.05, 0.1) is 0 Å². The van der Waals surface area contributed by atoms with E-state index in [1.807, 2.05) is 0 Å². The standard InChI is InChI=1S/C12H18F2N2/c1-2-5-15-6-7-16-9-10-8-11(13)3-4-12(10)14/h3-4,8,15-16H,2,5-7,9H2,1H3. The van der Waals surface area contributed by atoms with Crippen molar-refractivity contribution in [3.8, 4) is 0 Å². The van der Waals surface area contributed by atoms with Crippen LogP contribution in [0.2, 0.25) is 0 Å². The second-order valence-corrected chi connectivity index (χ2v) is 3.66. The predicted octanol–water partition coefficient (Wildman–Crippen LogP) is 2.05. The lowest BCUT2D eigenvalue weighted by Gasteiger charge is -2.06. The summed E-state index contributed by atoms with van der Waals surface area (Å²) >= 11 is 0. The zero-order chi connectivity index (χ0) is 11.8. The van der Waals surface area contributed by atoms with Gasteiger partial charge in [0, 0.05) is 25.2 Å². The van der Waals surface area contributed by atoms with Crippen LogP contribution in [0.3, 0.4) is 0 Å². The molecule has 0 aliphatic rings. The molecule has 0 unspecified atom stereocenters. The molecule has 0 atom stereocenters. The molecule has 0 heterocycles. The van der Waals surface area contributed by atoms with Gasteiger partial charge in [-0.3, -0.25) is 0 Å². The Morgan fingerprint density at radius 3 is 2.56 bits per heavy atom. The van der Waals surface area contributed by atoms with Gasteiger partial charge >= 0.3 is 0 Å². The molecule has 0 aliphatic heterocycles. The average Bonchev–Trinajstić information content (AvgIpc) is 2.28. The first-order valence-corrected chi connectivity index (χ1v) is 5.59. The summed E-state index contributed by atoms with van der Waals surface area (Å²) in [6.45, 7) is 5.02. The average molecular weight is 228 g/mol. The molecule has 1 rings (SSSR count). The van der Waals surface area contributed by atoms with E-state index < -0.39 is 5.82 Å². The van der Waals surface area contributed by atoms with E-state index in [0.717, 1.165) is 38.2 Å². The number of rotatable bonds is 7. The van der Waals surface area contributed by atoms with Gasteiger partial charge in [0.2, 0.25) is 0 Å². The molecule has 0 aromatic heterocycles. The summed E-state index contributed by atoms with van der Waals surface area (Å²) in [5, 5.41) is 6.28. The molecule has 16 heavy (non-hydrogen) atoms. The Morgan fingerprint density at radius 2 is 1.81 bits per heavy atom. The van der Waals surface area contributed by atoms with Gasteiger partial charge in [-0.15, -0.1) is 0 Å². The van der Waals surface area contributed by atoms with Crippen molar-refractivity contribution >= 4 is 0 Å². The van der Waals surface area contributed by atoms with Crippen LogP contribution in [0.5, 0.6) is 0 Å². The van der Waals surface area contributed by atoms with E-state index in [1.165, 1.54) is 6.07 Å². The van der Waals surface area contributed by atoms with E-state index in [1.54, 1.807) is 0 Å². The summed E-state index contributed by atoms with van der Waals surface area (Å²) < 4.78 is 26.0. The maximum atomic E-state index is 13.2. The number of benzene rings is 1. The molecule has 0 radical (unpaired) electrons. The molecule has 90 valence electrons. The highest BCUT2D eigenvalue weighted by Gasteiger charge is 2.02. The topological polar surface area (TPSA) is 24.1 Å². The van der Waals surface area contributed by atoms with E-state index in [-0.39, 0.29) is 5.82 Å². The summed E-state index contributed by atoms with van der Waals surface area (Å²) in [4.78, 5) is 0. The smallest absolute Gasteiger partial charge is 0.127 e. The van der Waals surface area contributed by atoms with E-state index in [0.29, 0.717) is 12.1 Å². The van der Waals surface area contributed by atoms with Gasteiger partial charge in [-0.1, -0.05) is 6.92 Å². The van der Waals surface area contributed by atoms with Crippen LogP contribution in [-0.2, 0) is 6.54 Å². The molecule has 0 saturated carbocycles. The maximum Gasteiger partial charge on any atom is 0.127 e. The third-order valence-corrected chi connectivity index (χ3v) is 2.23. The molecular weight excluding hydrogens is 210 g/mol.